The second-order valence-corrected chi connectivity index (χ2v) is 6.75. The van der Waals surface area contributed by atoms with Crippen LogP contribution in [0.3, 0.4) is 0 Å². The van der Waals surface area contributed by atoms with Gasteiger partial charge in [0.25, 0.3) is 0 Å². The number of amides is 1. The lowest BCUT2D eigenvalue weighted by Crippen LogP contribution is -2.35. The number of nitrogens with one attached hydrogen (secondary N) is 1. The summed E-state index contributed by atoms with van der Waals surface area (Å²) >= 11 is 0. The van der Waals surface area contributed by atoms with Crippen molar-refractivity contribution >= 4 is 11.9 Å². The number of carboxylic acids is 1. The highest BCUT2D eigenvalue weighted by molar-refractivity contribution is 5.77. The molecule has 0 radical (unpaired) electrons. The molecule has 0 aromatic rings. The van der Waals surface area contributed by atoms with E-state index in [2.05, 4.69) is 5.32 Å². The maximum absolute atomic E-state index is 12.0. The van der Waals surface area contributed by atoms with Crippen LogP contribution < -0.4 is 5.32 Å². The number of carboxylic acid groups (broad SMARTS) is 1. The quantitative estimate of drug-likeness (QED) is 0.818. The third-order valence-corrected chi connectivity index (χ3v) is 5.48. The molecule has 1 amide bonds. The molecule has 2 N–H and O–H groups in total. The molecule has 2 bridgehead atoms. The Morgan fingerprint density at radius 1 is 1.05 bits per heavy atom. The van der Waals surface area contributed by atoms with Crippen LogP contribution in [0, 0.1) is 23.7 Å². The van der Waals surface area contributed by atoms with Crippen LogP contribution >= 0.6 is 0 Å². The van der Waals surface area contributed by atoms with Gasteiger partial charge in [-0.25, -0.2) is 0 Å². The molecule has 3 unspecified atom stereocenters. The van der Waals surface area contributed by atoms with Crippen LogP contribution in [0.2, 0.25) is 0 Å². The minimum Gasteiger partial charge on any atom is -0.481 e. The Hall–Kier alpha value is -1.06. The van der Waals surface area contributed by atoms with Crippen molar-refractivity contribution in [3.8, 4) is 0 Å². The molecule has 4 heteroatoms. The van der Waals surface area contributed by atoms with Gasteiger partial charge in [-0.3, -0.25) is 9.59 Å². The lowest BCUT2D eigenvalue weighted by molar-refractivity contribution is -0.141. The SMILES string of the molecule is O=C(CC1CC2CCC1C2)N[C@H]1CC[C@@H](C(=O)O)C1. The number of aliphatic carboxylic acids is 1. The second-order valence-electron chi connectivity index (χ2n) is 6.75. The minimum absolute atomic E-state index is 0.0900. The minimum atomic E-state index is -0.718. The monoisotopic (exact) mass is 265 g/mol. The molecule has 3 rings (SSSR count). The third-order valence-electron chi connectivity index (χ3n) is 5.48. The molecule has 3 fully saturated rings. The van der Waals surface area contributed by atoms with E-state index in [0.717, 1.165) is 18.3 Å². The van der Waals surface area contributed by atoms with E-state index in [-0.39, 0.29) is 17.9 Å². The predicted octanol–water partition coefficient (Wildman–Crippen LogP) is 2.18. The number of carbonyl (C=O) groups excluding carboxylic acids is 1. The van der Waals surface area contributed by atoms with E-state index in [4.69, 9.17) is 5.11 Å². The maximum Gasteiger partial charge on any atom is 0.306 e. The Morgan fingerprint density at radius 2 is 1.89 bits per heavy atom. The number of hydrogen-bond donors (Lipinski definition) is 2. The summed E-state index contributed by atoms with van der Waals surface area (Å²) in [5.74, 6) is 1.43. The van der Waals surface area contributed by atoms with Crippen molar-refractivity contribution in [1.29, 1.82) is 0 Å². The van der Waals surface area contributed by atoms with Crippen LogP contribution in [-0.4, -0.2) is 23.0 Å². The highest BCUT2D eigenvalue weighted by Gasteiger charge is 2.40. The Kier molecular flexibility index (Phi) is 3.50. The zero-order chi connectivity index (χ0) is 13.4. The van der Waals surface area contributed by atoms with Crippen molar-refractivity contribution < 1.29 is 14.7 Å². The molecule has 106 valence electrons. The van der Waals surface area contributed by atoms with E-state index < -0.39 is 5.97 Å². The summed E-state index contributed by atoms with van der Waals surface area (Å²) in [6.45, 7) is 0. The molecular formula is C15H23NO3. The summed E-state index contributed by atoms with van der Waals surface area (Å²) in [6.07, 6.45) is 8.04. The first-order valence-electron chi connectivity index (χ1n) is 7.64. The van der Waals surface area contributed by atoms with Gasteiger partial charge < -0.3 is 10.4 Å². The maximum atomic E-state index is 12.0. The van der Waals surface area contributed by atoms with Gasteiger partial charge >= 0.3 is 5.97 Å². The molecular weight excluding hydrogens is 242 g/mol. The van der Waals surface area contributed by atoms with Crippen molar-refractivity contribution in [2.75, 3.05) is 0 Å². The molecule has 0 aromatic heterocycles. The van der Waals surface area contributed by atoms with Crippen LogP contribution in [0.15, 0.2) is 0 Å². The first-order valence-corrected chi connectivity index (χ1v) is 7.64. The van der Waals surface area contributed by atoms with Crippen molar-refractivity contribution in [3.05, 3.63) is 0 Å². The van der Waals surface area contributed by atoms with Crippen LogP contribution in [-0.2, 0) is 9.59 Å². The first-order chi connectivity index (χ1) is 9.11. The highest BCUT2D eigenvalue weighted by atomic mass is 16.4. The second kappa shape index (κ2) is 5.14. The molecule has 0 aliphatic heterocycles. The number of carbonyl (C=O) groups is 2. The summed E-state index contributed by atoms with van der Waals surface area (Å²) in [7, 11) is 0. The average Bonchev–Trinajstić information content (AvgIpc) is 3.03. The summed E-state index contributed by atoms with van der Waals surface area (Å²) in [6, 6.07) is 0.0900. The van der Waals surface area contributed by atoms with E-state index >= 15 is 0 Å². The van der Waals surface area contributed by atoms with Gasteiger partial charge in [0.05, 0.1) is 5.92 Å². The molecule has 0 heterocycles. The molecule has 0 aromatic carbocycles. The van der Waals surface area contributed by atoms with Gasteiger partial charge in [-0.05, 0) is 56.3 Å². The Labute approximate surface area is 113 Å². The molecule has 0 spiro atoms. The normalized spacial score (nSPS) is 40.5. The van der Waals surface area contributed by atoms with Gasteiger partial charge in [0, 0.05) is 12.5 Å². The fourth-order valence-corrected chi connectivity index (χ4v) is 4.49. The zero-order valence-electron chi connectivity index (χ0n) is 11.3. The van der Waals surface area contributed by atoms with Gasteiger partial charge in [-0.1, -0.05) is 6.42 Å². The molecule has 5 atom stereocenters. The van der Waals surface area contributed by atoms with E-state index in [9.17, 15) is 9.59 Å². The van der Waals surface area contributed by atoms with E-state index in [1.54, 1.807) is 0 Å². The predicted molar refractivity (Wildman–Crippen MR) is 70.5 cm³/mol. The molecule has 3 aliphatic rings. The average molecular weight is 265 g/mol. The van der Waals surface area contributed by atoms with Crippen LogP contribution in [0.5, 0.6) is 0 Å². The summed E-state index contributed by atoms with van der Waals surface area (Å²) in [5, 5.41) is 12.0. The van der Waals surface area contributed by atoms with Crippen molar-refractivity contribution in [2.45, 2.75) is 57.4 Å². The molecule has 3 aliphatic carbocycles. The van der Waals surface area contributed by atoms with Crippen LogP contribution in [0.1, 0.15) is 51.4 Å². The molecule has 19 heavy (non-hydrogen) atoms. The van der Waals surface area contributed by atoms with Gasteiger partial charge in [0.2, 0.25) is 5.91 Å². The molecule has 4 nitrogen and oxygen atoms in total. The lowest BCUT2D eigenvalue weighted by Gasteiger charge is -2.22. The topological polar surface area (TPSA) is 66.4 Å². The van der Waals surface area contributed by atoms with Gasteiger partial charge in [0.1, 0.15) is 0 Å². The number of fused-ring (bicyclic) bond motifs is 2. The van der Waals surface area contributed by atoms with Gasteiger partial charge in [-0.2, -0.15) is 0 Å². The summed E-state index contributed by atoms with van der Waals surface area (Å²) < 4.78 is 0. The largest absolute Gasteiger partial charge is 0.481 e. The fraction of sp³-hybridized carbons (Fsp3) is 0.867. The van der Waals surface area contributed by atoms with Crippen molar-refractivity contribution in [2.24, 2.45) is 23.7 Å². The van der Waals surface area contributed by atoms with E-state index in [1.807, 2.05) is 0 Å². The summed E-state index contributed by atoms with van der Waals surface area (Å²) in [5.41, 5.74) is 0. The standard InChI is InChI=1S/C15H23NO3/c17-14(8-12-6-9-1-2-10(12)5-9)16-13-4-3-11(7-13)15(18)19/h9-13H,1-8H2,(H,16,17)(H,18,19)/t9?,10?,11-,12?,13+/m1/s1. The van der Waals surface area contributed by atoms with Gasteiger partial charge in [-0.15, -0.1) is 0 Å². The smallest absolute Gasteiger partial charge is 0.306 e. The zero-order valence-corrected chi connectivity index (χ0v) is 11.3. The first kappa shape index (κ1) is 12.9. The van der Waals surface area contributed by atoms with E-state index in [0.29, 0.717) is 25.2 Å². The Morgan fingerprint density at radius 3 is 2.47 bits per heavy atom. The lowest BCUT2D eigenvalue weighted by atomic mass is 9.86. The van der Waals surface area contributed by atoms with E-state index in [1.165, 1.54) is 25.7 Å². The summed E-state index contributed by atoms with van der Waals surface area (Å²) in [4.78, 5) is 22.9. The number of rotatable bonds is 4. The number of hydrogen-bond acceptors (Lipinski definition) is 2. The van der Waals surface area contributed by atoms with Crippen molar-refractivity contribution in [1.82, 2.24) is 5.32 Å². The van der Waals surface area contributed by atoms with Crippen LogP contribution in [0.4, 0.5) is 0 Å². The van der Waals surface area contributed by atoms with Crippen molar-refractivity contribution in [3.63, 3.8) is 0 Å². The molecule has 0 saturated heterocycles. The molecule has 3 saturated carbocycles. The highest BCUT2D eigenvalue weighted by Crippen LogP contribution is 2.49. The fourth-order valence-electron chi connectivity index (χ4n) is 4.49. The van der Waals surface area contributed by atoms with Gasteiger partial charge in [0.15, 0.2) is 0 Å². The Bertz CT molecular complexity index is 382. The van der Waals surface area contributed by atoms with Crippen LogP contribution in [0.25, 0.3) is 0 Å². The Balaban J connectivity index is 1.43. The third kappa shape index (κ3) is 2.77.